The van der Waals surface area contributed by atoms with Crippen LogP contribution in [0.4, 0.5) is 0 Å². The van der Waals surface area contributed by atoms with E-state index < -0.39 is 0 Å². The SMILES string of the molecule is CCC[CH]N(CCCCCCCCCC)CCCCCCCCCC. The average Bonchev–Trinajstić information content (AvgIpc) is 2.63. The number of hydrogen-bond acceptors (Lipinski definition) is 1. The second-order valence-corrected chi connectivity index (χ2v) is 7.96. The first-order valence-corrected chi connectivity index (χ1v) is 11.9. The lowest BCUT2D eigenvalue weighted by molar-refractivity contribution is 0.304. The van der Waals surface area contributed by atoms with E-state index in [4.69, 9.17) is 0 Å². The Kier molecular flexibility index (Phi) is 22.0. The summed E-state index contributed by atoms with van der Waals surface area (Å²) in [5.41, 5.74) is 0. The van der Waals surface area contributed by atoms with Gasteiger partial charge in [-0.3, -0.25) is 4.90 Å². The average molecular weight is 353 g/mol. The van der Waals surface area contributed by atoms with Gasteiger partial charge < -0.3 is 0 Å². The van der Waals surface area contributed by atoms with Gasteiger partial charge in [-0.25, -0.2) is 0 Å². The Morgan fingerprint density at radius 1 is 0.440 bits per heavy atom. The molecule has 151 valence electrons. The van der Waals surface area contributed by atoms with Gasteiger partial charge >= 0.3 is 0 Å². The van der Waals surface area contributed by atoms with Gasteiger partial charge in [-0.2, -0.15) is 0 Å². The number of hydrogen-bond donors (Lipinski definition) is 0. The molecule has 0 spiro atoms. The number of unbranched alkanes of at least 4 members (excludes halogenated alkanes) is 15. The molecule has 0 aromatic carbocycles. The predicted molar refractivity (Wildman–Crippen MR) is 116 cm³/mol. The van der Waals surface area contributed by atoms with Gasteiger partial charge in [0, 0.05) is 6.54 Å². The van der Waals surface area contributed by atoms with Gasteiger partial charge in [0.15, 0.2) is 0 Å². The third-order valence-corrected chi connectivity index (χ3v) is 5.27. The van der Waals surface area contributed by atoms with E-state index in [1.165, 1.54) is 129 Å². The van der Waals surface area contributed by atoms with Crippen molar-refractivity contribution < 1.29 is 0 Å². The zero-order valence-electron chi connectivity index (χ0n) is 18.2. The molecule has 0 aliphatic carbocycles. The summed E-state index contributed by atoms with van der Waals surface area (Å²) in [7, 11) is 0. The molecule has 0 unspecified atom stereocenters. The third kappa shape index (κ3) is 20.1. The zero-order chi connectivity index (χ0) is 18.4. The molecule has 1 nitrogen and oxygen atoms in total. The van der Waals surface area contributed by atoms with Gasteiger partial charge in [0.2, 0.25) is 0 Å². The maximum absolute atomic E-state index is 2.64. The summed E-state index contributed by atoms with van der Waals surface area (Å²) >= 11 is 0. The molecule has 1 radical (unpaired) electrons. The van der Waals surface area contributed by atoms with E-state index in [0.29, 0.717) is 0 Å². The van der Waals surface area contributed by atoms with Crippen molar-refractivity contribution in [2.45, 2.75) is 136 Å². The van der Waals surface area contributed by atoms with Crippen molar-refractivity contribution in [1.29, 1.82) is 0 Å². The fraction of sp³-hybridized carbons (Fsp3) is 0.958. The molecule has 0 aromatic heterocycles. The van der Waals surface area contributed by atoms with Crippen LogP contribution in [-0.2, 0) is 0 Å². The first kappa shape index (κ1) is 25.0. The van der Waals surface area contributed by atoms with Crippen LogP contribution in [0.15, 0.2) is 0 Å². The lowest BCUT2D eigenvalue weighted by Crippen LogP contribution is -2.23. The molecule has 0 rings (SSSR count). The molecule has 0 atom stereocenters. The van der Waals surface area contributed by atoms with Crippen LogP contribution in [0, 0.1) is 6.54 Å². The topological polar surface area (TPSA) is 3.24 Å². The van der Waals surface area contributed by atoms with Gasteiger partial charge in [0.25, 0.3) is 0 Å². The van der Waals surface area contributed by atoms with Gasteiger partial charge in [0.05, 0.1) is 0 Å². The van der Waals surface area contributed by atoms with E-state index in [-0.39, 0.29) is 0 Å². The van der Waals surface area contributed by atoms with Crippen LogP contribution in [0.3, 0.4) is 0 Å². The molecule has 0 aliphatic heterocycles. The van der Waals surface area contributed by atoms with Crippen LogP contribution in [0.2, 0.25) is 0 Å². The highest BCUT2D eigenvalue weighted by molar-refractivity contribution is 4.68. The molecule has 0 aliphatic rings. The van der Waals surface area contributed by atoms with Gasteiger partial charge in [0.1, 0.15) is 0 Å². The van der Waals surface area contributed by atoms with Crippen LogP contribution in [0.25, 0.3) is 0 Å². The van der Waals surface area contributed by atoms with Crippen molar-refractivity contribution in [1.82, 2.24) is 4.90 Å². The van der Waals surface area contributed by atoms with Crippen LogP contribution in [0.1, 0.15) is 136 Å². The Bertz CT molecular complexity index is 206. The fourth-order valence-electron chi connectivity index (χ4n) is 3.50. The van der Waals surface area contributed by atoms with E-state index in [1.807, 2.05) is 0 Å². The lowest BCUT2D eigenvalue weighted by Gasteiger charge is -2.21. The van der Waals surface area contributed by atoms with Crippen LogP contribution in [0.5, 0.6) is 0 Å². The molecule has 25 heavy (non-hydrogen) atoms. The normalized spacial score (nSPS) is 11.5. The Labute approximate surface area is 161 Å². The zero-order valence-corrected chi connectivity index (χ0v) is 18.2. The van der Waals surface area contributed by atoms with Crippen molar-refractivity contribution in [3.63, 3.8) is 0 Å². The molecule has 1 heteroatoms. The Morgan fingerprint density at radius 2 is 0.800 bits per heavy atom. The maximum Gasteiger partial charge on any atom is 0.0251 e. The molecule has 0 amide bonds. The van der Waals surface area contributed by atoms with Gasteiger partial charge in [-0.1, -0.05) is 117 Å². The van der Waals surface area contributed by atoms with E-state index in [1.54, 1.807) is 0 Å². The highest BCUT2D eigenvalue weighted by atomic mass is 15.1. The summed E-state index contributed by atoms with van der Waals surface area (Å²) in [4.78, 5) is 2.64. The minimum absolute atomic E-state index is 1.26. The Hall–Kier alpha value is -0.0400. The van der Waals surface area contributed by atoms with Crippen LogP contribution >= 0.6 is 0 Å². The van der Waals surface area contributed by atoms with Crippen molar-refractivity contribution in [3.05, 3.63) is 6.54 Å². The molecule has 0 saturated carbocycles. The van der Waals surface area contributed by atoms with E-state index in [9.17, 15) is 0 Å². The summed E-state index contributed by atoms with van der Waals surface area (Å²) < 4.78 is 0. The third-order valence-electron chi connectivity index (χ3n) is 5.27. The fourth-order valence-corrected chi connectivity index (χ4v) is 3.50. The summed E-state index contributed by atoms with van der Waals surface area (Å²) in [6.45, 7) is 12.0. The number of nitrogens with zero attached hydrogens (tertiary/aromatic N) is 1. The van der Waals surface area contributed by atoms with E-state index in [0.717, 1.165) is 0 Å². The van der Waals surface area contributed by atoms with Crippen molar-refractivity contribution in [2.75, 3.05) is 13.1 Å². The van der Waals surface area contributed by atoms with Crippen LogP contribution in [-0.4, -0.2) is 18.0 Å². The summed E-state index contributed by atoms with van der Waals surface area (Å²) in [6.07, 6.45) is 25.4. The molecule has 0 fully saturated rings. The first-order valence-electron chi connectivity index (χ1n) is 11.9. The van der Waals surface area contributed by atoms with Crippen molar-refractivity contribution in [3.8, 4) is 0 Å². The molecular weight excluding hydrogens is 302 g/mol. The van der Waals surface area contributed by atoms with E-state index in [2.05, 4.69) is 32.2 Å². The summed E-state index contributed by atoms with van der Waals surface area (Å²) in [6, 6.07) is 0. The highest BCUT2D eigenvalue weighted by Gasteiger charge is 2.04. The predicted octanol–water partition coefficient (Wildman–Crippen LogP) is 8.53. The standard InChI is InChI=1S/C24H50N/c1-4-7-10-12-14-16-18-20-23-25(22-9-6-3)24-21-19-17-15-13-11-8-5-2/h22H,4-21,23-24H2,1-3H3. The quantitative estimate of drug-likeness (QED) is 0.187. The largest absolute Gasteiger partial charge is 0.299 e. The van der Waals surface area contributed by atoms with Crippen molar-refractivity contribution >= 4 is 0 Å². The smallest absolute Gasteiger partial charge is 0.0251 e. The molecule has 0 aromatic rings. The molecule has 0 bridgehead atoms. The summed E-state index contributed by atoms with van der Waals surface area (Å²) in [5, 5.41) is 0. The number of rotatable bonds is 21. The maximum atomic E-state index is 2.64. The second kappa shape index (κ2) is 22.0. The molecule has 0 saturated heterocycles. The van der Waals surface area contributed by atoms with E-state index >= 15 is 0 Å². The minimum Gasteiger partial charge on any atom is -0.299 e. The van der Waals surface area contributed by atoms with Gasteiger partial charge in [-0.15, -0.1) is 0 Å². The molecule has 0 N–H and O–H groups in total. The Balaban J connectivity index is 3.54. The Morgan fingerprint density at radius 3 is 1.16 bits per heavy atom. The molecular formula is C24H50N. The van der Waals surface area contributed by atoms with Crippen LogP contribution < -0.4 is 0 Å². The lowest BCUT2D eigenvalue weighted by atomic mass is 10.1. The van der Waals surface area contributed by atoms with Gasteiger partial charge in [-0.05, 0) is 32.4 Å². The second-order valence-electron chi connectivity index (χ2n) is 7.96. The summed E-state index contributed by atoms with van der Waals surface area (Å²) in [5.74, 6) is 0. The monoisotopic (exact) mass is 352 g/mol. The highest BCUT2D eigenvalue weighted by Crippen LogP contribution is 2.12. The minimum atomic E-state index is 1.26. The first-order chi connectivity index (χ1) is 12.3. The molecule has 0 heterocycles. The van der Waals surface area contributed by atoms with Crippen molar-refractivity contribution in [2.24, 2.45) is 0 Å².